The van der Waals surface area contributed by atoms with E-state index in [4.69, 9.17) is 9.84 Å². The zero-order valence-electron chi connectivity index (χ0n) is 14.9. The van der Waals surface area contributed by atoms with Gasteiger partial charge in [0.05, 0.1) is 12.2 Å². The number of rotatable bonds is 6. The molecular formula is C17H25N3O5. The van der Waals surface area contributed by atoms with Crippen LogP contribution in [0.1, 0.15) is 38.1 Å². The van der Waals surface area contributed by atoms with Crippen molar-refractivity contribution in [3.63, 3.8) is 0 Å². The van der Waals surface area contributed by atoms with Crippen LogP contribution < -0.4 is 16.0 Å². The van der Waals surface area contributed by atoms with Gasteiger partial charge in [0.25, 0.3) is 5.91 Å². The number of nitrogens with one attached hydrogen (secondary N) is 3. The molecule has 0 spiro atoms. The van der Waals surface area contributed by atoms with Crippen LogP contribution in [0.2, 0.25) is 0 Å². The lowest BCUT2D eigenvalue weighted by molar-refractivity contribution is -0.127. The topological polar surface area (TPSA) is 117 Å². The molecule has 0 heterocycles. The van der Waals surface area contributed by atoms with Crippen molar-refractivity contribution in [1.82, 2.24) is 10.6 Å². The molecule has 0 aliphatic carbocycles. The zero-order valence-corrected chi connectivity index (χ0v) is 14.9. The van der Waals surface area contributed by atoms with E-state index in [1.165, 1.54) is 6.92 Å². The van der Waals surface area contributed by atoms with E-state index in [0.29, 0.717) is 5.69 Å². The molecule has 0 unspecified atom stereocenters. The molecule has 8 heteroatoms. The number of urea groups is 1. The second-order valence-electron chi connectivity index (χ2n) is 6.44. The predicted octanol–water partition coefficient (Wildman–Crippen LogP) is 1.26. The van der Waals surface area contributed by atoms with E-state index in [1.54, 1.807) is 45.0 Å². The third-order valence-corrected chi connectivity index (χ3v) is 2.95. The predicted molar refractivity (Wildman–Crippen MR) is 93.3 cm³/mol. The highest BCUT2D eigenvalue weighted by Crippen LogP contribution is 2.16. The minimum absolute atomic E-state index is 0.0922. The number of carbonyl (C=O) groups is 3. The number of benzene rings is 1. The molecule has 138 valence electrons. The summed E-state index contributed by atoms with van der Waals surface area (Å²) < 4.78 is 5.12. The molecule has 0 aromatic heterocycles. The van der Waals surface area contributed by atoms with E-state index in [-0.39, 0.29) is 18.7 Å². The van der Waals surface area contributed by atoms with Gasteiger partial charge >= 0.3 is 12.0 Å². The number of amides is 3. The van der Waals surface area contributed by atoms with E-state index >= 15 is 0 Å². The van der Waals surface area contributed by atoms with Gasteiger partial charge in [0.1, 0.15) is 0 Å². The number of hydrogen-bond acceptors (Lipinski definition) is 6. The monoisotopic (exact) mass is 351 g/mol. The number of carbonyl (C=O) groups excluding carboxylic acids is 3. The number of esters is 1. The van der Waals surface area contributed by atoms with Gasteiger partial charge < -0.3 is 20.5 Å². The molecule has 0 radical (unpaired) electrons. The minimum Gasteiger partial charge on any atom is -0.449 e. The smallest absolute Gasteiger partial charge is 0.341 e. The summed E-state index contributed by atoms with van der Waals surface area (Å²) in [6.45, 7) is 6.88. The fourth-order valence-corrected chi connectivity index (χ4v) is 1.87. The zero-order chi connectivity index (χ0) is 19.0. The highest BCUT2D eigenvalue weighted by molar-refractivity contribution is 6.00. The summed E-state index contributed by atoms with van der Waals surface area (Å²) >= 11 is 0. The fourth-order valence-electron chi connectivity index (χ4n) is 1.87. The first-order chi connectivity index (χ1) is 11.6. The highest BCUT2D eigenvalue weighted by atomic mass is 16.5. The van der Waals surface area contributed by atoms with Gasteiger partial charge in [-0.1, -0.05) is 12.1 Å². The van der Waals surface area contributed by atoms with Crippen LogP contribution in [-0.4, -0.2) is 47.8 Å². The summed E-state index contributed by atoms with van der Waals surface area (Å²) in [5.74, 6) is -1.43. The minimum atomic E-state index is -1.15. The van der Waals surface area contributed by atoms with E-state index in [9.17, 15) is 14.4 Å². The van der Waals surface area contributed by atoms with Gasteiger partial charge in [0.15, 0.2) is 6.10 Å². The van der Waals surface area contributed by atoms with E-state index in [1.807, 2.05) is 0 Å². The molecule has 0 fully saturated rings. The molecule has 1 rings (SSSR count). The quantitative estimate of drug-likeness (QED) is 0.573. The lowest BCUT2D eigenvalue weighted by atomic mass is 10.1. The van der Waals surface area contributed by atoms with Crippen LogP contribution in [0.15, 0.2) is 24.3 Å². The van der Waals surface area contributed by atoms with E-state index in [2.05, 4.69) is 16.0 Å². The maximum Gasteiger partial charge on any atom is 0.341 e. The van der Waals surface area contributed by atoms with Crippen LogP contribution in [-0.2, 0) is 9.53 Å². The van der Waals surface area contributed by atoms with Crippen molar-refractivity contribution in [2.45, 2.75) is 39.3 Å². The van der Waals surface area contributed by atoms with Gasteiger partial charge in [-0.05, 0) is 39.8 Å². The fraction of sp³-hybridized carbons (Fsp3) is 0.471. The molecule has 1 atom stereocenters. The van der Waals surface area contributed by atoms with Crippen LogP contribution in [0.4, 0.5) is 10.5 Å². The SMILES string of the molecule is C[C@@H](OC(=O)c1ccccc1NCCO)C(=O)NC(=O)NC(C)(C)C. The van der Waals surface area contributed by atoms with Crippen LogP contribution in [0.25, 0.3) is 0 Å². The lowest BCUT2D eigenvalue weighted by Crippen LogP contribution is -2.50. The van der Waals surface area contributed by atoms with Crippen molar-refractivity contribution < 1.29 is 24.2 Å². The first kappa shape index (κ1) is 20.4. The molecule has 0 saturated carbocycles. The highest BCUT2D eigenvalue weighted by Gasteiger charge is 2.23. The van der Waals surface area contributed by atoms with Crippen LogP contribution in [0.3, 0.4) is 0 Å². The largest absolute Gasteiger partial charge is 0.449 e. The summed E-state index contributed by atoms with van der Waals surface area (Å²) in [6, 6.07) is 5.92. The number of hydrogen-bond donors (Lipinski definition) is 4. The molecule has 0 bridgehead atoms. The Bertz CT molecular complexity index is 625. The summed E-state index contributed by atoms with van der Waals surface area (Å²) in [7, 11) is 0. The Hall–Kier alpha value is -2.61. The molecule has 4 N–H and O–H groups in total. The molecule has 0 aliphatic rings. The second-order valence-corrected chi connectivity index (χ2v) is 6.44. The first-order valence-corrected chi connectivity index (χ1v) is 7.92. The van der Waals surface area contributed by atoms with Gasteiger partial charge in [-0.25, -0.2) is 9.59 Å². The molecule has 1 aromatic rings. The van der Waals surface area contributed by atoms with Crippen LogP contribution in [0.5, 0.6) is 0 Å². The van der Waals surface area contributed by atoms with Crippen LogP contribution in [0, 0.1) is 0 Å². The normalized spacial score (nSPS) is 12.0. The second kappa shape index (κ2) is 9.03. The Morgan fingerprint density at radius 2 is 1.84 bits per heavy atom. The van der Waals surface area contributed by atoms with Crippen molar-refractivity contribution in [3.8, 4) is 0 Å². The molecular weight excluding hydrogens is 326 g/mol. The third-order valence-electron chi connectivity index (χ3n) is 2.95. The number of anilines is 1. The third kappa shape index (κ3) is 7.21. The molecule has 0 saturated heterocycles. The average Bonchev–Trinajstić information content (AvgIpc) is 2.51. The summed E-state index contributed by atoms with van der Waals surface area (Å²) in [6.07, 6.45) is -1.15. The van der Waals surface area contributed by atoms with E-state index < -0.39 is 29.6 Å². The number of aliphatic hydroxyl groups is 1. The van der Waals surface area contributed by atoms with Crippen LogP contribution >= 0.6 is 0 Å². The Kier molecular flexibility index (Phi) is 7.38. The maximum absolute atomic E-state index is 12.3. The van der Waals surface area contributed by atoms with Gasteiger partial charge in [0.2, 0.25) is 0 Å². The van der Waals surface area contributed by atoms with Gasteiger partial charge in [0, 0.05) is 17.8 Å². The Morgan fingerprint density at radius 3 is 2.44 bits per heavy atom. The van der Waals surface area contributed by atoms with Gasteiger partial charge in [-0.3, -0.25) is 10.1 Å². The maximum atomic E-state index is 12.3. The molecule has 25 heavy (non-hydrogen) atoms. The standard InChI is InChI=1S/C17H25N3O5/c1-11(14(22)19-16(24)20-17(2,3)4)25-15(23)12-7-5-6-8-13(12)18-9-10-21/h5-8,11,18,21H,9-10H2,1-4H3,(H2,19,20,22,24)/t11-/m1/s1. The van der Waals surface area contributed by atoms with Crippen molar-refractivity contribution in [2.75, 3.05) is 18.5 Å². The van der Waals surface area contributed by atoms with Gasteiger partial charge in [-0.2, -0.15) is 0 Å². The summed E-state index contributed by atoms with van der Waals surface area (Å²) in [5, 5.41) is 16.5. The summed E-state index contributed by atoms with van der Waals surface area (Å²) in [4.78, 5) is 35.9. The van der Waals surface area contributed by atoms with Crippen molar-refractivity contribution >= 4 is 23.6 Å². The Morgan fingerprint density at radius 1 is 1.20 bits per heavy atom. The molecule has 1 aromatic carbocycles. The molecule has 3 amide bonds. The average molecular weight is 351 g/mol. The number of imide groups is 1. The van der Waals surface area contributed by atoms with Crippen molar-refractivity contribution in [1.29, 1.82) is 0 Å². The first-order valence-electron chi connectivity index (χ1n) is 7.92. The Balaban J connectivity index is 2.67. The van der Waals surface area contributed by atoms with Gasteiger partial charge in [-0.15, -0.1) is 0 Å². The van der Waals surface area contributed by atoms with E-state index in [0.717, 1.165) is 0 Å². The van der Waals surface area contributed by atoms with Crippen molar-refractivity contribution in [3.05, 3.63) is 29.8 Å². The number of para-hydroxylation sites is 1. The number of aliphatic hydroxyl groups excluding tert-OH is 1. The molecule has 8 nitrogen and oxygen atoms in total. The Labute approximate surface area is 146 Å². The lowest BCUT2D eigenvalue weighted by Gasteiger charge is -2.21. The van der Waals surface area contributed by atoms with Crippen molar-refractivity contribution in [2.24, 2.45) is 0 Å². The molecule has 0 aliphatic heterocycles. The number of ether oxygens (including phenoxy) is 1. The summed E-state index contributed by atoms with van der Waals surface area (Å²) in [5.41, 5.74) is 0.219.